The first kappa shape index (κ1) is 17.8. The molecule has 1 amide bonds. The second-order valence-electron chi connectivity index (χ2n) is 4.90. The average Bonchev–Trinajstić information content (AvgIpc) is 2.50. The lowest BCUT2D eigenvalue weighted by molar-refractivity contribution is -0.121. The molecule has 0 fully saturated rings. The number of nitrogens with two attached hydrogens (primary N) is 1. The van der Waals surface area contributed by atoms with Gasteiger partial charge in [0.2, 0.25) is 5.91 Å². The van der Waals surface area contributed by atoms with E-state index in [1.807, 2.05) is 11.8 Å². The van der Waals surface area contributed by atoms with E-state index in [9.17, 15) is 4.79 Å². The minimum absolute atomic E-state index is 0.0886. The Bertz CT molecular complexity index is 519. The minimum Gasteiger partial charge on any atom is -0.494 e. The van der Waals surface area contributed by atoms with Crippen molar-refractivity contribution in [2.45, 2.75) is 19.4 Å². The van der Waals surface area contributed by atoms with Crippen LogP contribution in [0, 0.1) is 0 Å². The number of nitrogens with one attached hydrogen (secondary N) is 1. The quantitative estimate of drug-likeness (QED) is 0.543. The standard InChI is InChI=1S/C17H25N3O2/c1-5-10-20(11-6-2)15(7-3)17(21)19-14-9-8-13(18)12-16(14)22-4/h5-6,8-9,12,15H,1-2,7,10-11,18H2,3-4H3,(H,19,21). The maximum Gasteiger partial charge on any atom is 0.241 e. The van der Waals surface area contributed by atoms with Gasteiger partial charge in [0.15, 0.2) is 0 Å². The van der Waals surface area contributed by atoms with Crippen LogP contribution in [-0.2, 0) is 4.79 Å². The Balaban J connectivity index is 2.92. The van der Waals surface area contributed by atoms with E-state index in [4.69, 9.17) is 10.5 Å². The minimum atomic E-state index is -0.266. The summed E-state index contributed by atoms with van der Waals surface area (Å²) in [4.78, 5) is 14.6. The molecule has 1 atom stereocenters. The van der Waals surface area contributed by atoms with Gasteiger partial charge in [0.05, 0.1) is 18.8 Å². The van der Waals surface area contributed by atoms with Gasteiger partial charge in [-0.05, 0) is 18.6 Å². The summed E-state index contributed by atoms with van der Waals surface area (Å²) >= 11 is 0. The highest BCUT2D eigenvalue weighted by atomic mass is 16.5. The predicted octanol–water partition coefficient (Wildman–Crippen LogP) is 2.67. The Kier molecular flexibility index (Phi) is 7.19. The zero-order valence-electron chi connectivity index (χ0n) is 13.3. The van der Waals surface area contributed by atoms with Crippen LogP contribution < -0.4 is 15.8 Å². The lowest BCUT2D eigenvalue weighted by atomic mass is 10.1. The van der Waals surface area contributed by atoms with Crippen molar-refractivity contribution in [2.24, 2.45) is 0 Å². The summed E-state index contributed by atoms with van der Waals surface area (Å²) in [6, 6.07) is 4.88. The molecule has 0 aromatic heterocycles. The number of anilines is 2. The van der Waals surface area contributed by atoms with E-state index in [1.165, 1.54) is 0 Å². The molecule has 0 saturated carbocycles. The van der Waals surface area contributed by atoms with Crippen molar-refractivity contribution in [3.8, 4) is 5.75 Å². The van der Waals surface area contributed by atoms with Crippen molar-refractivity contribution < 1.29 is 9.53 Å². The van der Waals surface area contributed by atoms with E-state index in [2.05, 4.69) is 18.5 Å². The van der Waals surface area contributed by atoms with Gasteiger partial charge in [-0.15, -0.1) is 13.2 Å². The number of rotatable bonds is 9. The molecular formula is C17H25N3O2. The van der Waals surface area contributed by atoms with Crippen molar-refractivity contribution in [3.05, 3.63) is 43.5 Å². The maximum absolute atomic E-state index is 12.6. The Morgan fingerprint density at radius 3 is 2.55 bits per heavy atom. The molecule has 0 aliphatic carbocycles. The number of hydrogen-bond donors (Lipinski definition) is 2. The van der Waals surface area contributed by atoms with E-state index in [0.717, 1.165) is 0 Å². The number of amides is 1. The zero-order valence-corrected chi connectivity index (χ0v) is 13.3. The Morgan fingerprint density at radius 1 is 1.41 bits per heavy atom. The number of carbonyl (C=O) groups excluding carboxylic acids is 1. The number of nitrogens with zero attached hydrogens (tertiary/aromatic N) is 1. The number of nitrogen functional groups attached to an aromatic ring is 1. The van der Waals surface area contributed by atoms with Crippen LogP contribution in [0.15, 0.2) is 43.5 Å². The summed E-state index contributed by atoms with van der Waals surface area (Å²) in [5, 5.41) is 2.91. The van der Waals surface area contributed by atoms with Gasteiger partial charge in [0.25, 0.3) is 0 Å². The highest BCUT2D eigenvalue weighted by molar-refractivity contribution is 5.96. The fraction of sp³-hybridized carbons (Fsp3) is 0.353. The lowest BCUT2D eigenvalue weighted by Crippen LogP contribution is -2.44. The normalized spacial score (nSPS) is 11.8. The highest BCUT2D eigenvalue weighted by Gasteiger charge is 2.23. The number of methoxy groups -OCH3 is 1. The summed E-state index contributed by atoms with van der Waals surface area (Å²) < 4.78 is 5.26. The van der Waals surface area contributed by atoms with Crippen LogP contribution in [0.25, 0.3) is 0 Å². The van der Waals surface area contributed by atoms with Crippen LogP contribution in [0.4, 0.5) is 11.4 Å². The van der Waals surface area contributed by atoms with Crippen LogP contribution in [0.2, 0.25) is 0 Å². The molecule has 1 rings (SSSR count). The van der Waals surface area contributed by atoms with Gasteiger partial charge < -0.3 is 15.8 Å². The number of ether oxygens (including phenoxy) is 1. The van der Waals surface area contributed by atoms with E-state index in [0.29, 0.717) is 36.6 Å². The van der Waals surface area contributed by atoms with Crippen LogP contribution in [0.1, 0.15) is 13.3 Å². The molecule has 0 bridgehead atoms. The van der Waals surface area contributed by atoms with Crippen LogP contribution >= 0.6 is 0 Å². The molecule has 0 saturated heterocycles. The summed E-state index contributed by atoms with van der Waals surface area (Å²) in [7, 11) is 1.55. The third-order valence-corrected chi connectivity index (χ3v) is 3.34. The second-order valence-corrected chi connectivity index (χ2v) is 4.90. The van der Waals surface area contributed by atoms with Crippen LogP contribution in [0.5, 0.6) is 5.75 Å². The second kappa shape index (κ2) is 8.89. The van der Waals surface area contributed by atoms with Gasteiger partial charge in [-0.25, -0.2) is 0 Å². The molecule has 120 valence electrons. The molecule has 0 aliphatic rings. The highest BCUT2D eigenvalue weighted by Crippen LogP contribution is 2.27. The van der Waals surface area contributed by atoms with E-state index in [1.54, 1.807) is 37.5 Å². The number of hydrogen-bond acceptors (Lipinski definition) is 4. The van der Waals surface area contributed by atoms with E-state index in [-0.39, 0.29) is 11.9 Å². The van der Waals surface area contributed by atoms with E-state index >= 15 is 0 Å². The van der Waals surface area contributed by atoms with Crippen LogP contribution in [0.3, 0.4) is 0 Å². The lowest BCUT2D eigenvalue weighted by Gasteiger charge is -2.28. The van der Waals surface area contributed by atoms with Gasteiger partial charge in [-0.2, -0.15) is 0 Å². The Labute approximate surface area is 132 Å². The molecule has 5 heteroatoms. The molecule has 1 aromatic rings. The van der Waals surface area contributed by atoms with Gasteiger partial charge in [0, 0.05) is 24.8 Å². The van der Waals surface area contributed by atoms with Crippen molar-refractivity contribution in [2.75, 3.05) is 31.2 Å². The molecule has 1 unspecified atom stereocenters. The molecule has 0 spiro atoms. The summed E-state index contributed by atoms with van der Waals surface area (Å²) in [5.74, 6) is 0.455. The molecule has 1 aromatic carbocycles. The summed E-state index contributed by atoms with van der Waals surface area (Å²) in [6.07, 6.45) is 4.25. The van der Waals surface area contributed by atoms with Gasteiger partial charge >= 0.3 is 0 Å². The van der Waals surface area contributed by atoms with Crippen molar-refractivity contribution in [1.82, 2.24) is 4.90 Å². The largest absolute Gasteiger partial charge is 0.494 e. The average molecular weight is 303 g/mol. The van der Waals surface area contributed by atoms with Crippen LogP contribution in [-0.4, -0.2) is 37.0 Å². The first-order valence-electron chi connectivity index (χ1n) is 7.27. The van der Waals surface area contributed by atoms with Gasteiger partial charge in [0.1, 0.15) is 5.75 Å². The first-order valence-corrected chi connectivity index (χ1v) is 7.27. The smallest absolute Gasteiger partial charge is 0.241 e. The Hall–Kier alpha value is -2.27. The molecule has 5 nitrogen and oxygen atoms in total. The zero-order chi connectivity index (χ0) is 16.5. The molecule has 22 heavy (non-hydrogen) atoms. The van der Waals surface area contributed by atoms with Crippen molar-refractivity contribution in [3.63, 3.8) is 0 Å². The first-order chi connectivity index (χ1) is 10.6. The molecule has 0 radical (unpaired) electrons. The molecule has 0 aliphatic heterocycles. The van der Waals surface area contributed by atoms with Crippen molar-refractivity contribution >= 4 is 17.3 Å². The SMILES string of the molecule is C=CCN(CC=C)C(CC)C(=O)Nc1ccc(N)cc1OC. The fourth-order valence-electron chi connectivity index (χ4n) is 2.30. The predicted molar refractivity (Wildman–Crippen MR) is 92.1 cm³/mol. The summed E-state index contributed by atoms with van der Waals surface area (Å²) in [6.45, 7) is 10.7. The fourth-order valence-corrected chi connectivity index (χ4v) is 2.30. The third kappa shape index (κ3) is 4.63. The topological polar surface area (TPSA) is 67.6 Å². The van der Waals surface area contributed by atoms with E-state index < -0.39 is 0 Å². The monoisotopic (exact) mass is 303 g/mol. The maximum atomic E-state index is 12.6. The third-order valence-electron chi connectivity index (χ3n) is 3.34. The summed E-state index contributed by atoms with van der Waals surface area (Å²) in [5.41, 5.74) is 6.92. The Morgan fingerprint density at radius 2 is 2.05 bits per heavy atom. The molecule has 3 N–H and O–H groups in total. The van der Waals surface area contributed by atoms with Gasteiger partial charge in [-0.1, -0.05) is 19.1 Å². The van der Waals surface area contributed by atoms with Crippen molar-refractivity contribution in [1.29, 1.82) is 0 Å². The number of benzene rings is 1. The molecule has 0 heterocycles. The van der Waals surface area contributed by atoms with Gasteiger partial charge in [-0.3, -0.25) is 9.69 Å². The number of carbonyl (C=O) groups is 1. The molecular weight excluding hydrogens is 278 g/mol.